The summed E-state index contributed by atoms with van der Waals surface area (Å²) in [7, 11) is 0. The summed E-state index contributed by atoms with van der Waals surface area (Å²) in [6, 6.07) is 22.9. The molecule has 0 aromatic heterocycles. The Morgan fingerprint density at radius 1 is 0.632 bits per heavy atom. The zero-order chi connectivity index (χ0) is 13.1. The van der Waals surface area contributed by atoms with Gasteiger partial charge in [0, 0.05) is 11.1 Å². The van der Waals surface area contributed by atoms with Crippen LogP contribution in [0, 0.1) is 0 Å². The molecule has 3 aromatic carbocycles. The van der Waals surface area contributed by atoms with E-state index in [0.717, 1.165) is 16.5 Å². The van der Waals surface area contributed by atoms with Crippen molar-refractivity contribution in [2.24, 2.45) is 0 Å². The molecule has 0 amide bonds. The van der Waals surface area contributed by atoms with Crippen LogP contribution in [-0.4, -0.2) is 0 Å². The van der Waals surface area contributed by atoms with Crippen LogP contribution in [0.1, 0.15) is 0 Å². The van der Waals surface area contributed by atoms with Crippen LogP contribution in [0.3, 0.4) is 0 Å². The van der Waals surface area contributed by atoms with Crippen molar-refractivity contribution in [3.8, 4) is 0 Å². The first-order chi connectivity index (χ1) is 9.34. The third-order valence-corrected chi connectivity index (χ3v) is 3.06. The first-order valence-electron chi connectivity index (χ1n) is 6.19. The maximum Gasteiger partial charge on any atom is 0.201 e. The Labute approximate surface area is 111 Å². The molecule has 0 saturated carbocycles. The molecule has 3 rings (SSSR count). The van der Waals surface area contributed by atoms with E-state index in [1.165, 1.54) is 0 Å². The van der Waals surface area contributed by atoms with Crippen molar-refractivity contribution in [2.45, 2.75) is 0 Å². The van der Waals surface area contributed by atoms with Crippen molar-refractivity contribution in [3.63, 3.8) is 0 Å². The Hall–Kier alpha value is -2.61. The molecule has 0 heterocycles. The van der Waals surface area contributed by atoms with Gasteiger partial charge in [0.25, 0.3) is 0 Å². The van der Waals surface area contributed by atoms with Gasteiger partial charge in [0.05, 0.1) is 5.69 Å². The van der Waals surface area contributed by atoms with Crippen LogP contribution >= 0.6 is 0 Å². The van der Waals surface area contributed by atoms with E-state index < -0.39 is 0 Å². The van der Waals surface area contributed by atoms with Crippen molar-refractivity contribution < 1.29 is 0 Å². The van der Waals surface area contributed by atoms with Crippen molar-refractivity contribution in [1.82, 2.24) is 0 Å². The standard InChI is InChI=1S/C17H13NO/c19-17-12-3-1-2-10-16(17)18-15-11-6-8-13-7-4-5-9-14(13)15/h1-12H,(H,18,19). The van der Waals surface area contributed by atoms with Crippen LogP contribution in [0.2, 0.25) is 0 Å². The Balaban J connectivity index is 2.12. The summed E-state index contributed by atoms with van der Waals surface area (Å²) in [6.07, 6.45) is 0. The zero-order valence-electron chi connectivity index (χ0n) is 10.3. The summed E-state index contributed by atoms with van der Waals surface area (Å²) in [5, 5.41) is 5.48. The van der Waals surface area contributed by atoms with Gasteiger partial charge >= 0.3 is 0 Å². The van der Waals surface area contributed by atoms with E-state index in [1.54, 1.807) is 18.2 Å². The Bertz CT molecular complexity index is 775. The maximum absolute atomic E-state index is 11.9. The number of benzene rings is 2. The van der Waals surface area contributed by atoms with Crippen LogP contribution in [0.5, 0.6) is 0 Å². The fourth-order valence-electron chi connectivity index (χ4n) is 2.11. The molecule has 0 bridgehead atoms. The molecule has 1 N–H and O–H groups in total. The van der Waals surface area contributed by atoms with E-state index in [1.807, 2.05) is 42.5 Å². The van der Waals surface area contributed by atoms with Gasteiger partial charge < -0.3 is 5.32 Å². The van der Waals surface area contributed by atoms with Gasteiger partial charge in [-0.2, -0.15) is 0 Å². The minimum atomic E-state index is -0.0158. The average molecular weight is 247 g/mol. The van der Waals surface area contributed by atoms with E-state index in [0.29, 0.717) is 5.69 Å². The number of hydrogen-bond donors (Lipinski definition) is 1. The molecule has 19 heavy (non-hydrogen) atoms. The fourth-order valence-corrected chi connectivity index (χ4v) is 2.11. The van der Waals surface area contributed by atoms with E-state index in [9.17, 15) is 4.79 Å². The van der Waals surface area contributed by atoms with Gasteiger partial charge in [-0.3, -0.25) is 4.79 Å². The second-order valence-electron chi connectivity index (χ2n) is 4.34. The van der Waals surface area contributed by atoms with Crippen LogP contribution < -0.4 is 10.7 Å². The van der Waals surface area contributed by atoms with E-state index in [4.69, 9.17) is 0 Å². The van der Waals surface area contributed by atoms with Gasteiger partial charge in [0.15, 0.2) is 0 Å². The van der Waals surface area contributed by atoms with Gasteiger partial charge in [0.2, 0.25) is 5.43 Å². The number of hydrogen-bond acceptors (Lipinski definition) is 2. The summed E-state index contributed by atoms with van der Waals surface area (Å²) in [4.78, 5) is 11.9. The van der Waals surface area contributed by atoms with Crippen molar-refractivity contribution in [2.75, 3.05) is 5.32 Å². The normalized spacial score (nSPS) is 10.3. The lowest BCUT2D eigenvalue weighted by Crippen LogP contribution is -2.03. The van der Waals surface area contributed by atoms with Crippen molar-refractivity contribution in [3.05, 3.63) is 83.0 Å². The molecule has 0 atom stereocenters. The molecule has 92 valence electrons. The minimum absolute atomic E-state index is 0.0158. The molecule has 0 aliphatic carbocycles. The molecule has 0 saturated heterocycles. The molecule has 0 spiro atoms. The number of fused-ring (bicyclic) bond motifs is 1. The number of rotatable bonds is 2. The second kappa shape index (κ2) is 4.94. The minimum Gasteiger partial charge on any atom is -0.352 e. The summed E-state index contributed by atoms with van der Waals surface area (Å²) >= 11 is 0. The average Bonchev–Trinajstić information content (AvgIpc) is 2.65. The Kier molecular flexibility index (Phi) is 2.99. The van der Waals surface area contributed by atoms with Crippen LogP contribution in [0.25, 0.3) is 10.8 Å². The Morgan fingerprint density at radius 2 is 1.32 bits per heavy atom. The molecule has 0 unspecified atom stereocenters. The monoisotopic (exact) mass is 247 g/mol. The Morgan fingerprint density at radius 3 is 2.26 bits per heavy atom. The first kappa shape index (κ1) is 11.5. The molecule has 3 aromatic rings. The number of nitrogens with one attached hydrogen (secondary N) is 1. The molecule has 0 fully saturated rings. The second-order valence-corrected chi connectivity index (χ2v) is 4.34. The molecular formula is C17H13NO. The van der Waals surface area contributed by atoms with Gasteiger partial charge in [-0.15, -0.1) is 0 Å². The number of anilines is 2. The smallest absolute Gasteiger partial charge is 0.201 e. The molecule has 2 heteroatoms. The summed E-state index contributed by atoms with van der Waals surface area (Å²) < 4.78 is 0. The van der Waals surface area contributed by atoms with E-state index in [-0.39, 0.29) is 5.43 Å². The van der Waals surface area contributed by atoms with Crippen molar-refractivity contribution in [1.29, 1.82) is 0 Å². The quantitative estimate of drug-likeness (QED) is 0.743. The lowest BCUT2D eigenvalue weighted by atomic mass is 10.1. The van der Waals surface area contributed by atoms with Crippen molar-refractivity contribution >= 4 is 22.1 Å². The predicted octanol–water partition coefficient (Wildman–Crippen LogP) is 3.94. The van der Waals surface area contributed by atoms with Gasteiger partial charge in [-0.05, 0) is 23.6 Å². The third kappa shape index (κ3) is 2.33. The maximum atomic E-state index is 11.9. The highest BCUT2D eigenvalue weighted by Crippen LogP contribution is 2.24. The SMILES string of the molecule is O=c1cccccc1Nc1cccc2ccccc12. The predicted molar refractivity (Wildman–Crippen MR) is 79.9 cm³/mol. The first-order valence-corrected chi connectivity index (χ1v) is 6.19. The van der Waals surface area contributed by atoms with Crippen LogP contribution in [-0.2, 0) is 0 Å². The van der Waals surface area contributed by atoms with Gasteiger partial charge in [-0.25, -0.2) is 0 Å². The van der Waals surface area contributed by atoms with Crippen LogP contribution in [0.4, 0.5) is 11.4 Å². The van der Waals surface area contributed by atoms with E-state index >= 15 is 0 Å². The highest BCUT2D eigenvalue weighted by molar-refractivity contribution is 5.95. The highest BCUT2D eigenvalue weighted by atomic mass is 16.1. The van der Waals surface area contributed by atoms with Crippen LogP contribution in [0.15, 0.2) is 77.6 Å². The topological polar surface area (TPSA) is 29.1 Å². The molecule has 0 radical (unpaired) electrons. The lowest BCUT2D eigenvalue weighted by Gasteiger charge is -2.08. The summed E-state index contributed by atoms with van der Waals surface area (Å²) in [5.74, 6) is 0. The zero-order valence-corrected chi connectivity index (χ0v) is 10.3. The lowest BCUT2D eigenvalue weighted by molar-refractivity contribution is 1.55. The largest absolute Gasteiger partial charge is 0.352 e. The molecule has 0 aliphatic heterocycles. The summed E-state index contributed by atoms with van der Waals surface area (Å²) in [5.41, 5.74) is 1.51. The van der Waals surface area contributed by atoms with Gasteiger partial charge in [-0.1, -0.05) is 54.6 Å². The third-order valence-electron chi connectivity index (χ3n) is 3.06. The van der Waals surface area contributed by atoms with E-state index in [2.05, 4.69) is 17.4 Å². The highest BCUT2D eigenvalue weighted by Gasteiger charge is 2.01. The molecular weight excluding hydrogens is 234 g/mol. The fraction of sp³-hybridized carbons (Fsp3) is 0. The summed E-state index contributed by atoms with van der Waals surface area (Å²) in [6.45, 7) is 0. The van der Waals surface area contributed by atoms with Gasteiger partial charge in [0.1, 0.15) is 0 Å². The molecule has 2 nitrogen and oxygen atoms in total. The molecule has 0 aliphatic rings.